The number of anilines is 1. The van der Waals surface area contributed by atoms with Gasteiger partial charge in [0.25, 0.3) is 0 Å². The number of nitrogens with one attached hydrogen (secondary N) is 1. The van der Waals surface area contributed by atoms with Crippen LogP contribution >= 0.6 is 0 Å². The summed E-state index contributed by atoms with van der Waals surface area (Å²) < 4.78 is 26.7. The van der Waals surface area contributed by atoms with Crippen LogP contribution in [0.15, 0.2) is 23.1 Å². The van der Waals surface area contributed by atoms with Crippen molar-refractivity contribution in [1.82, 2.24) is 4.72 Å². The van der Waals surface area contributed by atoms with E-state index in [1.807, 2.05) is 0 Å². The highest BCUT2D eigenvalue weighted by molar-refractivity contribution is 7.89. The Kier molecular flexibility index (Phi) is 5.32. The molecule has 0 aliphatic rings. The molecule has 1 aromatic rings. The minimum absolute atomic E-state index is 0.0738. The lowest BCUT2D eigenvalue weighted by atomic mass is 9.98. The second-order valence-electron chi connectivity index (χ2n) is 4.87. The van der Waals surface area contributed by atoms with E-state index in [1.165, 1.54) is 18.2 Å². The van der Waals surface area contributed by atoms with Crippen molar-refractivity contribution in [3.8, 4) is 0 Å². The number of amides is 1. The Hall–Kier alpha value is -1.64. The zero-order valence-corrected chi connectivity index (χ0v) is 12.9. The molecule has 1 amide bonds. The molecule has 0 saturated carbocycles. The molecule has 8 heteroatoms. The van der Waals surface area contributed by atoms with Gasteiger partial charge in [0.1, 0.15) is 4.90 Å². The number of primary amides is 1. The Labute approximate surface area is 124 Å². The first-order valence-corrected chi connectivity index (χ1v) is 8.05. The average Bonchev–Trinajstić information content (AvgIpc) is 2.44. The van der Waals surface area contributed by atoms with Crippen LogP contribution in [0, 0.1) is 0 Å². The van der Waals surface area contributed by atoms with Crippen LogP contribution in [0.5, 0.6) is 0 Å². The van der Waals surface area contributed by atoms with Crippen LogP contribution in [0.3, 0.4) is 0 Å². The van der Waals surface area contributed by atoms with E-state index in [2.05, 4.69) is 4.72 Å². The number of nitrogens with two attached hydrogens (primary N) is 2. The van der Waals surface area contributed by atoms with Crippen LogP contribution in [0.2, 0.25) is 0 Å². The first kappa shape index (κ1) is 17.4. The van der Waals surface area contributed by atoms with E-state index in [1.54, 1.807) is 13.8 Å². The molecule has 0 saturated heterocycles. The monoisotopic (exact) mass is 315 g/mol. The summed E-state index contributed by atoms with van der Waals surface area (Å²) in [4.78, 5) is 10.9. The lowest BCUT2D eigenvalue weighted by Crippen LogP contribution is -2.42. The second-order valence-corrected chi connectivity index (χ2v) is 6.61. The second kappa shape index (κ2) is 6.42. The van der Waals surface area contributed by atoms with E-state index >= 15 is 0 Å². The summed E-state index contributed by atoms with van der Waals surface area (Å²) in [5, 5.41) is 10.1. The molecule has 21 heavy (non-hydrogen) atoms. The van der Waals surface area contributed by atoms with Crippen LogP contribution < -0.4 is 16.2 Å². The van der Waals surface area contributed by atoms with Gasteiger partial charge in [0.2, 0.25) is 15.9 Å². The van der Waals surface area contributed by atoms with Crippen LogP contribution in [0.4, 0.5) is 5.69 Å². The van der Waals surface area contributed by atoms with E-state index in [4.69, 9.17) is 11.5 Å². The van der Waals surface area contributed by atoms with Crippen molar-refractivity contribution in [2.75, 3.05) is 12.3 Å². The van der Waals surface area contributed by atoms with E-state index in [0.29, 0.717) is 12.8 Å². The summed E-state index contributed by atoms with van der Waals surface area (Å²) >= 11 is 0. The third-order valence-corrected chi connectivity index (χ3v) is 4.97. The largest absolute Gasteiger partial charge is 0.398 e. The van der Waals surface area contributed by atoms with Crippen LogP contribution in [-0.2, 0) is 10.0 Å². The molecule has 0 spiro atoms. The fourth-order valence-corrected chi connectivity index (χ4v) is 2.98. The predicted octanol–water partition coefficient (Wildman–Crippen LogP) is 0.197. The van der Waals surface area contributed by atoms with E-state index < -0.39 is 21.5 Å². The first-order valence-electron chi connectivity index (χ1n) is 6.56. The molecular weight excluding hydrogens is 294 g/mol. The Morgan fingerprint density at radius 3 is 2.33 bits per heavy atom. The van der Waals surface area contributed by atoms with E-state index in [0.717, 1.165) is 0 Å². The maximum absolute atomic E-state index is 12.2. The number of rotatable bonds is 7. The van der Waals surface area contributed by atoms with Gasteiger partial charge in [0.05, 0.1) is 11.3 Å². The molecule has 1 aromatic carbocycles. The number of carbonyl (C=O) groups excluding carboxylic acids is 1. The van der Waals surface area contributed by atoms with Gasteiger partial charge in [-0.3, -0.25) is 4.79 Å². The quantitative estimate of drug-likeness (QED) is 0.533. The highest BCUT2D eigenvalue weighted by Crippen LogP contribution is 2.21. The zero-order valence-electron chi connectivity index (χ0n) is 12.1. The van der Waals surface area contributed by atoms with E-state index in [-0.39, 0.29) is 22.7 Å². The maximum atomic E-state index is 12.2. The van der Waals surface area contributed by atoms with Crippen LogP contribution in [-0.4, -0.2) is 31.6 Å². The summed E-state index contributed by atoms with van der Waals surface area (Å²) in [5.41, 5.74) is 9.71. The lowest BCUT2D eigenvalue weighted by molar-refractivity contribution is 0.0377. The van der Waals surface area contributed by atoms with Gasteiger partial charge in [-0.2, -0.15) is 0 Å². The van der Waals surface area contributed by atoms with E-state index in [9.17, 15) is 18.3 Å². The van der Waals surface area contributed by atoms with Gasteiger partial charge in [-0.15, -0.1) is 0 Å². The SMILES string of the molecule is CCC(O)(CC)CNS(=O)(=O)c1ccc(C(N)=O)cc1N. The molecule has 0 atom stereocenters. The normalized spacial score (nSPS) is 12.3. The summed E-state index contributed by atoms with van der Waals surface area (Å²) in [6.45, 7) is 3.43. The molecule has 1 rings (SSSR count). The van der Waals surface area contributed by atoms with Crippen molar-refractivity contribution < 1.29 is 18.3 Å². The van der Waals surface area contributed by atoms with Crippen molar-refractivity contribution in [1.29, 1.82) is 0 Å². The van der Waals surface area contributed by atoms with Crippen molar-refractivity contribution in [3.05, 3.63) is 23.8 Å². The van der Waals surface area contributed by atoms with Gasteiger partial charge in [-0.1, -0.05) is 13.8 Å². The molecule has 118 valence electrons. The van der Waals surface area contributed by atoms with Crippen LogP contribution in [0.25, 0.3) is 0 Å². The van der Waals surface area contributed by atoms with Crippen molar-refractivity contribution >= 4 is 21.6 Å². The summed E-state index contributed by atoms with van der Waals surface area (Å²) in [5.74, 6) is -0.690. The van der Waals surface area contributed by atoms with Gasteiger partial charge in [0, 0.05) is 12.1 Å². The van der Waals surface area contributed by atoms with Gasteiger partial charge < -0.3 is 16.6 Å². The summed E-state index contributed by atoms with van der Waals surface area (Å²) in [6.07, 6.45) is 0.838. The third-order valence-electron chi connectivity index (χ3n) is 3.49. The smallest absolute Gasteiger partial charge is 0.248 e. The molecule has 0 aliphatic heterocycles. The topological polar surface area (TPSA) is 136 Å². The molecular formula is C13H21N3O4S. The standard InChI is InChI=1S/C13H21N3O4S/c1-3-13(18,4-2)8-16-21(19,20)11-6-5-9(12(15)17)7-10(11)14/h5-7,16,18H,3-4,8,14H2,1-2H3,(H2,15,17). The highest BCUT2D eigenvalue weighted by Gasteiger charge is 2.26. The summed E-state index contributed by atoms with van der Waals surface area (Å²) in [6, 6.07) is 3.72. The van der Waals surface area contributed by atoms with Crippen molar-refractivity contribution in [3.63, 3.8) is 0 Å². The molecule has 0 fully saturated rings. The van der Waals surface area contributed by atoms with Crippen LogP contribution in [0.1, 0.15) is 37.0 Å². The Balaban J connectivity index is 3.01. The Morgan fingerprint density at radius 1 is 1.33 bits per heavy atom. The Bertz CT molecular complexity index is 624. The molecule has 0 bridgehead atoms. The molecule has 0 aliphatic carbocycles. The van der Waals surface area contributed by atoms with Gasteiger partial charge in [-0.05, 0) is 31.0 Å². The van der Waals surface area contributed by atoms with Crippen molar-refractivity contribution in [2.45, 2.75) is 37.2 Å². The molecule has 0 unspecified atom stereocenters. The number of nitrogen functional groups attached to an aromatic ring is 1. The number of carbonyl (C=O) groups is 1. The minimum atomic E-state index is -3.87. The molecule has 6 N–H and O–H groups in total. The molecule has 7 nitrogen and oxygen atoms in total. The number of hydrogen-bond donors (Lipinski definition) is 4. The van der Waals surface area contributed by atoms with Gasteiger partial charge in [0.15, 0.2) is 0 Å². The first-order chi connectivity index (χ1) is 9.65. The predicted molar refractivity (Wildman–Crippen MR) is 80.1 cm³/mol. The molecule has 0 aromatic heterocycles. The maximum Gasteiger partial charge on any atom is 0.248 e. The summed E-state index contributed by atoms with van der Waals surface area (Å²) in [7, 11) is -3.87. The zero-order chi connectivity index (χ0) is 16.3. The van der Waals surface area contributed by atoms with Crippen molar-refractivity contribution in [2.24, 2.45) is 5.73 Å². The number of aliphatic hydroxyl groups is 1. The van der Waals surface area contributed by atoms with Gasteiger partial charge in [-0.25, -0.2) is 13.1 Å². The number of hydrogen-bond acceptors (Lipinski definition) is 5. The fraction of sp³-hybridized carbons (Fsp3) is 0.462. The molecule has 0 heterocycles. The average molecular weight is 315 g/mol. The number of sulfonamides is 1. The fourth-order valence-electron chi connectivity index (χ4n) is 1.75. The minimum Gasteiger partial charge on any atom is -0.398 e. The molecule has 0 radical (unpaired) electrons. The Morgan fingerprint density at radius 2 is 1.90 bits per heavy atom. The highest BCUT2D eigenvalue weighted by atomic mass is 32.2. The van der Waals surface area contributed by atoms with Gasteiger partial charge >= 0.3 is 0 Å². The third kappa shape index (κ3) is 4.16. The lowest BCUT2D eigenvalue weighted by Gasteiger charge is -2.25. The number of benzene rings is 1.